The molecule has 0 aromatic carbocycles. The number of carboxylic acids is 1. The van der Waals surface area contributed by atoms with Gasteiger partial charge in [0.1, 0.15) is 5.56 Å². The van der Waals surface area contributed by atoms with Crippen molar-refractivity contribution >= 4 is 5.97 Å². The van der Waals surface area contributed by atoms with Crippen LogP contribution in [0.3, 0.4) is 0 Å². The molecular weight excluding hydrogens is 206 g/mol. The fraction of sp³-hybridized carbons (Fsp3) is 0.500. The Bertz CT molecular complexity index is 488. The first kappa shape index (κ1) is 10.9. The highest BCUT2D eigenvalue weighted by Gasteiger charge is 2.24. The van der Waals surface area contributed by atoms with Crippen LogP contribution in [0, 0.1) is 0 Å². The summed E-state index contributed by atoms with van der Waals surface area (Å²) in [5.41, 5.74) is 2.27. The standard InChI is InChI=1S/C12H15NO3/c1-2-4-9-7-5-3-6-8(7)10(12(15)16)11(14)13-9/h2-6H2,1H3,(H,13,14)(H,15,16). The summed E-state index contributed by atoms with van der Waals surface area (Å²) in [6.45, 7) is 2.05. The van der Waals surface area contributed by atoms with E-state index in [0.29, 0.717) is 0 Å². The fourth-order valence-corrected chi connectivity index (χ4v) is 2.45. The summed E-state index contributed by atoms with van der Waals surface area (Å²) in [7, 11) is 0. The van der Waals surface area contributed by atoms with E-state index in [4.69, 9.17) is 5.11 Å². The minimum absolute atomic E-state index is 0.0487. The highest BCUT2D eigenvalue weighted by Crippen LogP contribution is 2.26. The van der Waals surface area contributed by atoms with Crippen molar-refractivity contribution in [3.05, 3.63) is 32.7 Å². The number of hydrogen-bond donors (Lipinski definition) is 2. The molecule has 1 aromatic rings. The van der Waals surface area contributed by atoms with Gasteiger partial charge in [0.25, 0.3) is 5.56 Å². The summed E-state index contributed by atoms with van der Waals surface area (Å²) in [5, 5.41) is 9.03. The molecule has 1 heterocycles. The molecular formula is C12H15NO3. The van der Waals surface area contributed by atoms with Crippen molar-refractivity contribution in [1.82, 2.24) is 4.98 Å². The molecule has 0 aliphatic heterocycles. The maximum Gasteiger partial charge on any atom is 0.341 e. The molecule has 1 aromatic heterocycles. The largest absolute Gasteiger partial charge is 0.477 e. The Morgan fingerprint density at radius 2 is 2.06 bits per heavy atom. The highest BCUT2D eigenvalue weighted by atomic mass is 16.4. The first-order valence-electron chi connectivity index (χ1n) is 5.65. The van der Waals surface area contributed by atoms with Crippen molar-refractivity contribution in [2.45, 2.75) is 39.0 Å². The molecule has 0 bridgehead atoms. The third-order valence-corrected chi connectivity index (χ3v) is 3.09. The first-order chi connectivity index (χ1) is 7.65. The van der Waals surface area contributed by atoms with Crippen LogP contribution in [0.25, 0.3) is 0 Å². The van der Waals surface area contributed by atoms with Gasteiger partial charge in [0.15, 0.2) is 0 Å². The molecule has 0 unspecified atom stereocenters. The summed E-state index contributed by atoms with van der Waals surface area (Å²) in [4.78, 5) is 25.4. The Kier molecular flexibility index (Phi) is 2.81. The van der Waals surface area contributed by atoms with Gasteiger partial charge in [0, 0.05) is 5.69 Å². The minimum Gasteiger partial charge on any atom is -0.477 e. The normalized spacial score (nSPS) is 13.8. The number of aromatic carboxylic acids is 1. The summed E-state index contributed by atoms with van der Waals surface area (Å²) >= 11 is 0. The SMILES string of the molecule is CCCc1[nH]c(=O)c(C(=O)O)c2c1CCC2. The zero-order valence-corrected chi connectivity index (χ0v) is 9.30. The smallest absolute Gasteiger partial charge is 0.341 e. The van der Waals surface area contributed by atoms with E-state index >= 15 is 0 Å². The quantitative estimate of drug-likeness (QED) is 0.812. The number of H-pyrrole nitrogens is 1. The first-order valence-corrected chi connectivity index (χ1v) is 5.65. The number of aromatic amines is 1. The van der Waals surface area contributed by atoms with Gasteiger partial charge in [0.2, 0.25) is 0 Å². The molecule has 4 nitrogen and oxygen atoms in total. The number of nitrogens with one attached hydrogen (secondary N) is 1. The lowest BCUT2D eigenvalue weighted by Gasteiger charge is -2.09. The van der Waals surface area contributed by atoms with Gasteiger partial charge >= 0.3 is 5.97 Å². The Morgan fingerprint density at radius 3 is 2.69 bits per heavy atom. The molecule has 1 aliphatic rings. The van der Waals surface area contributed by atoms with E-state index in [9.17, 15) is 9.59 Å². The maximum absolute atomic E-state index is 11.7. The number of carbonyl (C=O) groups is 1. The number of carboxylic acid groups (broad SMARTS) is 1. The molecule has 2 N–H and O–H groups in total. The van der Waals surface area contributed by atoms with Crippen LogP contribution >= 0.6 is 0 Å². The summed E-state index contributed by atoms with van der Waals surface area (Å²) in [6, 6.07) is 0. The van der Waals surface area contributed by atoms with Gasteiger partial charge < -0.3 is 10.1 Å². The van der Waals surface area contributed by atoms with Crippen molar-refractivity contribution < 1.29 is 9.90 Å². The molecule has 16 heavy (non-hydrogen) atoms. The van der Waals surface area contributed by atoms with Gasteiger partial charge in [-0.3, -0.25) is 4.79 Å². The molecule has 86 valence electrons. The number of aromatic nitrogens is 1. The van der Waals surface area contributed by atoms with Gasteiger partial charge in [-0.15, -0.1) is 0 Å². The van der Waals surface area contributed by atoms with Crippen molar-refractivity contribution in [1.29, 1.82) is 0 Å². The van der Waals surface area contributed by atoms with E-state index < -0.39 is 11.5 Å². The monoisotopic (exact) mass is 221 g/mol. The van der Waals surface area contributed by atoms with Crippen LogP contribution in [0.4, 0.5) is 0 Å². The average molecular weight is 221 g/mol. The maximum atomic E-state index is 11.7. The van der Waals surface area contributed by atoms with Crippen LogP contribution in [-0.4, -0.2) is 16.1 Å². The van der Waals surface area contributed by atoms with E-state index in [1.807, 2.05) is 6.92 Å². The Morgan fingerprint density at radius 1 is 1.38 bits per heavy atom. The van der Waals surface area contributed by atoms with E-state index in [1.165, 1.54) is 0 Å². The van der Waals surface area contributed by atoms with Crippen LogP contribution in [0.2, 0.25) is 0 Å². The summed E-state index contributed by atoms with van der Waals surface area (Å²) in [6.07, 6.45) is 4.33. The van der Waals surface area contributed by atoms with Crippen LogP contribution in [-0.2, 0) is 19.3 Å². The van der Waals surface area contributed by atoms with Crippen molar-refractivity contribution in [2.24, 2.45) is 0 Å². The van der Waals surface area contributed by atoms with Gasteiger partial charge in [-0.1, -0.05) is 13.3 Å². The third kappa shape index (κ3) is 1.64. The van der Waals surface area contributed by atoms with E-state index in [2.05, 4.69) is 4.98 Å². The molecule has 0 spiro atoms. The molecule has 0 atom stereocenters. The van der Waals surface area contributed by atoms with E-state index in [0.717, 1.165) is 48.9 Å². The Labute approximate surface area is 93.3 Å². The summed E-state index contributed by atoms with van der Waals surface area (Å²) < 4.78 is 0. The van der Waals surface area contributed by atoms with Gasteiger partial charge in [-0.05, 0) is 36.8 Å². The Hall–Kier alpha value is -1.58. The molecule has 4 heteroatoms. The van der Waals surface area contributed by atoms with Crippen LogP contribution in [0.1, 0.15) is 46.9 Å². The lowest BCUT2D eigenvalue weighted by Crippen LogP contribution is -2.23. The average Bonchev–Trinajstić information content (AvgIpc) is 2.65. The minimum atomic E-state index is -1.11. The number of aryl methyl sites for hydroxylation is 1. The molecule has 0 amide bonds. The van der Waals surface area contributed by atoms with Crippen molar-refractivity contribution in [3.63, 3.8) is 0 Å². The lowest BCUT2D eigenvalue weighted by atomic mass is 10.0. The second kappa shape index (κ2) is 4.12. The molecule has 0 saturated carbocycles. The second-order valence-electron chi connectivity index (χ2n) is 4.17. The number of rotatable bonds is 3. The number of hydrogen-bond acceptors (Lipinski definition) is 2. The van der Waals surface area contributed by atoms with Crippen LogP contribution in [0.15, 0.2) is 4.79 Å². The molecule has 0 fully saturated rings. The molecule has 0 saturated heterocycles. The zero-order valence-electron chi connectivity index (χ0n) is 9.30. The molecule has 2 rings (SSSR count). The topological polar surface area (TPSA) is 70.2 Å². The van der Waals surface area contributed by atoms with E-state index in [-0.39, 0.29) is 5.56 Å². The summed E-state index contributed by atoms with van der Waals surface area (Å²) in [5.74, 6) is -1.11. The zero-order chi connectivity index (χ0) is 11.7. The van der Waals surface area contributed by atoms with Crippen molar-refractivity contribution in [3.8, 4) is 0 Å². The molecule has 1 aliphatic carbocycles. The van der Waals surface area contributed by atoms with Gasteiger partial charge in [-0.25, -0.2) is 4.79 Å². The van der Waals surface area contributed by atoms with Crippen LogP contribution in [0.5, 0.6) is 0 Å². The van der Waals surface area contributed by atoms with Gasteiger partial charge in [0.05, 0.1) is 0 Å². The highest BCUT2D eigenvalue weighted by molar-refractivity contribution is 5.89. The predicted octanol–water partition coefficient (Wildman–Crippen LogP) is 1.51. The Balaban J connectivity index is 2.64. The fourth-order valence-electron chi connectivity index (χ4n) is 2.45. The van der Waals surface area contributed by atoms with Crippen LogP contribution < -0.4 is 5.56 Å². The van der Waals surface area contributed by atoms with E-state index in [1.54, 1.807) is 0 Å². The lowest BCUT2D eigenvalue weighted by molar-refractivity contribution is 0.0693. The van der Waals surface area contributed by atoms with Crippen molar-refractivity contribution in [2.75, 3.05) is 0 Å². The molecule has 0 radical (unpaired) electrons. The van der Waals surface area contributed by atoms with Gasteiger partial charge in [-0.2, -0.15) is 0 Å². The third-order valence-electron chi connectivity index (χ3n) is 3.09. The number of fused-ring (bicyclic) bond motifs is 1. The number of pyridine rings is 1. The predicted molar refractivity (Wildman–Crippen MR) is 60.0 cm³/mol. The second-order valence-corrected chi connectivity index (χ2v) is 4.17.